The van der Waals surface area contributed by atoms with Gasteiger partial charge in [-0.2, -0.15) is 11.8 Å². The molecule has 0 aromatic heterocycles. The van der Waals surface area contributed by atoms with Crippen LogP contribution in [-0.2, 0) is 4.79 Å². The molecule has 0 heterocycles. The van der Waals surface area contributed by atoms with Gasteiger partial charge >= 0.3 is 0 Å². The van der Waals surface area contributed by atoms with Crippen LogP contribution < -0.4 is 5.32 Å². The van der Waals surface area contributed by atoms with E-state index in [4.69, 9.17) is 11.6 Å². The van der Waals surface area contributed by atoms with Crippen molar-refractivity contribution >= 4 is 29.3 Å². The molecule has 0 fully saturated rings. The molecule has 0 aliphatic carbocycles. The summed E-state index contributed by atoms with van der Waals surface area (Å²) < 4.78 is 13.2. The molecule has 0 radical (unpaired) electrons. The summed E-state index contributed by atoms with van der Waals surface area (Å²) in [5.41, 5.74) is 0.395. The van der Waals surface area contributed by atoms with E-state index in [-0.39, 0.29) is 17.5 Å². The van der Waals surface area contributed by atoms with Crippen LogP contribution >= 0.6 is 23.4 Å². The first-order valence-electron chi connectivity index (χ1n) is 5.93. The van der Waals surface area contributed by atoms with E-state index in [0.29, 0.717) is 12.0 Å². The van der Waals surface area contributed by atoms with Gasteiger partial charge in [0.1, 0.15) is 5.82 Å². The first-order valence-corrected chi connectivity index (χ1v) is 7.70. The van der Waals surface area contributed by atoms with Gasteiger partial charge in [-0.3, -0.25) is 4.79 Å². The second kappa shape index (κ2) is 8.40. The van der Waals surface area contributed by atoms with Gasteiger partial charge in [0.2, 0.25) is 5.91 Å². The third kappa shape index (κ3) is 5.80. The van der Waals surface area contributed by atoms with Crippen molar-refractivity contribution in [3.63, 3.8) is 0 Å². The largest absolute Gasteiger partial charge is 0.387 e. The lowest BCUT2D eigenvalue weighted by molar-refractivity contribution is -0.121. The molecule has 19 heavy (non-hydrogen) atoms. The Bertz CT molecular complexity index is 431. The minimum absolute atomic E-state index is 0.0112. The van der Waals surface area contributed by atoms with Crippen LogP contribution in [0, 0.1) is 5.82 Å². The Morgan fingerprint density at radius 3 is 2.95 bits per heavy atom. The topological polar surface area (TPSA) is 49.3 Å². The zero-order valence-electron chi connectivity index (χ0n) is 10.7. The lowest BCUT2D eigenvalue weighted by atomic mass is 10.1. The summed E-state index contributed by atoms with van der Waals surface area (Å²) in [7, 11) is 0. The van der Waals surface area contributed by atoms with E-state index in [0.717, 1.165) is 12.2 Å². The number of carbonyl (C=O) groups excluding carboxylic acids is 1. The van der Waals surface area contributed by atoms with Crippen molar-refractivity contribution in [3.05, 3.63) is 34.6 Å². The summed E-state index contributed by atoms with van der Waals surface area (Å²) in [6, 6.07) is 4.10. The van der Waals surface area contributed by atoms with E-state index in [2.05, 4.69) is 5.32 Å². The zero-order chi connectivity index (χ0) is 14.3. The van der Waals surface area contributed by atoms with Crippen LogP contribution in [0.15, 0.2) is 18.2 Å². The monoisotopic (exact) mass is 305 g/mol. The molecular formula is C13H17ClFNO2S. The van der Waals surface area contributed by atoms with Crippen molar-refractivity contribution in [2.75, 3.05) is 18.6 Å². The van der Waals surface area contributed by atoms with E-state index in [9.17, 15) is 14.3 Å². The Hall–Kier alpha value is -0.780. The third-order valence-electron chi connectivity index (χ3n) is 2.57. The van der Waals surface area contributed by atoms with Crippen LogP contribution in [0.5, 0.6) is 0 Å². The number of amides is 1. The van der Waals surface area contributed by atoms with Crippen LogP contribution in [-0.4, -0.2) is 29.6 Å². The van der Waals surface area contributed by atoms with E-state index >= 15 is 0 Å². The molecule has 3 nitrogen and oxygen atoms in total. The smallest absolute Gasteiger partial charge is 0.220 e. The maximum absolute atomic E-state index is 13.2. The fourth-order valence-electron chi connectivity index (χ4n) is 1.51. The molecule has 1 atom stereocenters. The molecule has 1 amide bonds. The summed E-state index contributed by atoms with van der Waals surface area (Å²) in [6.07, 6.45) is 2.29. The number of hydrogen-bond acceptors (Lipinski definition) is 3. The van der Waals surface area contributed by atoms with Gasteiger partial charge in [0, 0.05) is 13.0 Å². The van der Waals surface area contributed by atoms with E-state index in [1.807, 2.05) is 6.26 Å². The molecule has 0 aliphatic rings. The SMILES string of the molecule is CSCCCC(=O)NCC(O)c1ccc(Cl)c(F)c1. The number of hydrogen-bond donors (Lipinski definition) is 2. The molecule has 0 aliphatic heterocycles. The Morgan fingerprint density at radius 1 is 1.58 bits per heavy atom. The molecule has 1 aromatic carbocycles. The van der Waals surface area contributed by atoms with Crippen molar-refractivity contribution in [1.82, 2.24) is 5.32 Å². The first kappa shape index (κ1) is 16.3. The van der Waals surface area contributed by atoms with Gasteiger partial charge in [0.25, 0.3) is 0 Å². The molecule has 1 rings (SSSR count). The lowest BCUT2D eigenvalue weighted by Gasteiger charge is -2.12. The number of rotatable bonds is 7. The highest BCUT2D eigenvalue weighted by Crippen LogP contribution is 2.19. The summed E-state index contributed by atoms with van der Waals surface area (Å²) in [4.78, 5) is 11.4. The van der Waals surface area contributed by atoms with Crippen molar-refractivity contribution < 1.29 is 14.3 Å². The maximum atomic E-state index is 13.2. The molecule has 0 saturated carbocycles. The molecule has 6 heteroatoms. The highest BCUT2D eigenvalue weighted by atomic mass is 35.5. The van der Waals surface area contributed by atoms with Crippen LogP contribution in [0.2, 0.25) is 5.02 Å². The number of aliphatic hydroxyl groups excluding tert-OH is 1. The minimum Gasteiger partial charge on any atom is -0.387 e. The Labute approximate surface area is 121 Å². The predicted octanol–water partition coefficient (Wildman–Crippen LogP) is 2.77. The van der Waals surface area contributed by atoms with E-state index < -0.39 is 11.9 Å². The van der Waals surface area contributed by atoms with E-state index in [1.165, 1.54) is 18.2 Å². The Balaban J connectivity index is 2.40. The summed E-state index contributed by atoms with van der Waals surface area (Å²) in [5.74, 6) is 0.241. The van der Waals surface area contributed by atoms with E-state index in [1.54, 1.807) is 11.8 Å². The van der Waals surface area contributed by atoms with Gasteiger partial charge in [-0.1, -0.05) is 17.7 Å². The number of thioether (sulfide) groups is 1. The predicted molar refractivity (Wildman–Crippen MR) is 77.0 cm³/mol. The molecule has 2 N–H and O–H groups in total. The highest BCUT2D eigenvalue weighted by Gasteiger charge is 2.11. The number of carbonyl (C=O) groups is 1. The second-order valence-corrected chi connectivity index (χ2v) is 5.48. The van der Waals surface area contributed by atoms with Crippen LogP contribution in [0.4, 0.5) is 4.39 Å². The molecule has 0 saturated heterocycles. The highest BCUT2D eigenvalue weighted by molar-refractivity contribution is 7.98. The fraction of sp³-hybridized carbons (Fsp3) is 0.462. The summed E-state index contributed by atoms with van der Waals surface area (Å²) in [5, 5.41) is 12.5. The fourth-order valence-corrected chi connectivity index (χ4v) is 2.06. The van der Waals surface area contributed by atoms with Crippen molar-refractivity contribution in [3.8, 4) is 0 Å². The quantitative estimate of drug-likeness (QED) is 0.762. The van der Waals surface area contributed by atoms with Crippen molar-refractivity contribution in [2.45, 2.75) is 18.9 Å². The third-order valence-corrected chi connectivity index (χ3v) is 3.58. The van der Waals surface area contributed by atoms with Crippen LogP contribution in [0.1, 0.15) is 24.5 Å². The van der Waals surface area contributed by atoms with Crippen molar-refractivity contribution in [1.29, 1.82) is 0 Å². The molecule has 0 bridgehead atoms. The Morgan fingerprint density at radius 2 is 2.32 bits per heavy atom. The molecular weight excluding hydrogens is 289 g/mol. The number of aliphatic hydroxyl groups is 1. The average Bonchev–Trinajstić information content (AvgIpc) is 2.39. The summed E-state index contributed by atoms with van der Waals surface area (Å²) in [6.45, 7) is 0.0686. The molecule has 106 valence electrons. The van der Waals surface area contributed by atoms with Gasteiger partial charge in [-0.15, -0.1) is 0 Å². The lowest BCUT2D eigenvalue weighted by Crippen LogP contribution is -2.28. The van der Waals surface area contributed by atoms with Crippen LogP contribution in [0.25, 0.3) is 0 Å². The number of benzene rings is 1. The number of nitrogens with one attached hydrogen (secondary N) is 1. The molecule has 1 aromatic rings. The maximum Gasteiger partial charge on any atom is 0.220 e. The standard InChI is InChI=1S/C13H17ClFNO2S/c1-19-6-2-3-13(18)16-8-12(17)9-4-5-10(14)11(15)7-9/h4-5,7,12,17H,2-3,6,8H2,1H3,(H,16,18). The van der Waals surface area contributed by atoms with Gasteiger partial charge in [-0.25, -0.2) is 4.39 Å². The van der Waals surface area contributed by atoms with Gasteiger partial charge in [0.05, 0.1) is 11.1 Å². The number of halogens is 2. The molecule has 0 spiro atoms. The average molecular weight is 306 g/mol. The summed E-state index contributed by atoms with van der Waals surface area (Å²) >= 11 is 7.24. The Kier molecular flexibility index (Phi) is 7.20. The van der Waals surface area contributed by atoms with Crippen LogP contribution in [0.3, 0.4) is 0 Å². The normalized spacial score (nSPS) is 12.2. The van der Waals surface area contributed by atoms with Gasteiger partial charge in [0.15, 0.2) is 0 Å². The zero-order valence-corrected chi connectivity index (χ0v) is 12.2. The van der Waals surface area contributed by atoms with Crippen molar-refractivity contribution in [2.24, 2.45) is 0 Å². The minimum atomic E-state index is -0.934. The first-order chi connectivity index (χ1) is 9.04. The van der Waals surface area contributed by atoms with Gasteiger partial charge < -0.3 is 10.4 Å². The molecule has 1 unspecified atom stereocenters. The van der Waals surface area contributed by atoms with Gasteiger partial charge in [-0.05, 0) is 36.1 Å². The second-order valence-electron chi connectivity index (χ2n) is 4.09.